The molecule has 1 aromatic carbocycles. The largest absolute Gasteiger partial charge is 0.375 e. The first-order valence-corrected chi connectivity index (χ1v) is 8.76. The van der Waals surface area contributed by atoms with E-state index in [1.807, 2.05) is 30.3 Å². The van der Waals surface area contributed by atoms with Crippen molar-refractivity contribution in [1.29, 1.82) is 0 Å². The third kappa shape index (κ3) is 4.28. The minimum atomic E-state index is -3.17. The van der Waals surface area contributed by atoms with Crippen LogP contribution in [0.4, 0.5) is 0 Å². The van der Waals surface area contributed by atoms with Crippen molar-refractivity contribution in [3.8, 4) is 0 Å². The van der Waals surface area contributed by atoms with Crippen molar-refractivity contribution >= 4 is 15.7 Å². The number of rotatable bonds is 5. The summed E-state index contributed by atoms with van der Waals surface area (Å²) in [5.41, 5.74) is 0.815. The molecule has 5 nitrogen and oxygen atoms in total. The van der Waals surface area contributed by atoms with Crippen molar-refractivity contribution in [2.45, 2.75) is 23.8 Å². The van der Waals surface area contributed by atoms with Crippen LogP contribution in [0.25, 0.3) is 0 Å². The molecule has 21 heavy (non-hydrogen) atoms. The van der Waals surface area contributed by atoms with E-state index in [0.29, 0.717) is 25.9 Å². The lowest BCUT2D eigenvalue weighted by atomic mass is 10.1. The van der Waals surface area contributed by atoms with E-state index in [4.69, 9.17) is 4.74 Å². The average molecular weight is 311 g/mol. The normalized spacial score (nSPS) is 16.9. The van der Waals surface area contributed by atoms with Gasteiger partial charge in [0, 0.05) is 20.2 Å². The number of hydrogen-bond acceptors (Lipinski definition) is 4. The monoisotopic (exact) mass is 311 g/mol. The van der Waals surface area contributed by atoms with Gasteiger partial charge in [-0.1, -0.05) is 30.3 Å². The van der Waals surface area contributed by atoms with Gasteiger partial charge < -0.3 is 9.64 Å². The third-order valence-electron chi connectivity index (χ3n) is 3.78. The summed E-state index contributed by atoms with van der Waals surface area (Å²) in [7, 11) is -1.69. The lowest BCUT2D eigenvalue weighted by molar-refractivity contribution is -0.135. The zero-order valence-corrected chi connectivity index (χ0v) is 13.0. The first kappa shape index (κ1) is 16.0. The molecule has 0 bridgehead atoms. The molecule has 0 atom stereocenters. The number of carbonyl (C=O) groups is 1. The molecule has 0 aliphatic carbocycles. The smallest absolute Gasteiger partial charge is 0.248 e. The highest BCUT2D eigenvalue weighted by molar-refractivity contribution is 7.91. The molecular formula is C15H21NO4S. The van der Waals surface area contributed by atoms with E-state index in [1.54, 1.807) is 4.90 Å². The summed E-state index contributed by atoms with van der Waals surface area (Å²) in [6.07, 6.45) is 1.01. The van der Waals surface area contributed by atoms with E-state index in [1.165, 1.54) is 7.11 Å². The molecule has 0 aromatic heterocycles. The summed E-state index contributed by atoms with van der Waals surface area (Å²) < 4.78 is 29.7. The molecule has 1 aliphatic heterocycles. The zero-order valence-electron chi connectivity index (χ0n) is 12.2. The molecular weight excluding hydrogens is 290 g/mol. The Balaban J connectivity index is 1.93. The molecule has 1 heterocycles. The fraction of sp³-hybridized carbons (Fsp3) is 0.533. The second kappa shape index (κ2) is 7.04. The number of benzene rings is 1. The second-order valence-electron chi connectivity index (χ2n) is 5.31. The maximum Gasteiger partial charge on any atom is 0.248 e. The molecule has 0 unspecified atom stereocenters. The summed E-state index contributed by atoms with van der Waals surface area (Å²) in [5.74, 6) is 0.00116. The van der Waals surface area contributed by atoms with E-state index in [9.17, 15) is 13.2 Å². The molecule has 0 radical (unpaired) electrons. The zero-order chi connectivity index (χ0) is 15.3. The highest BCUT2D eigenvalue weighted by Crippen LogP contribution is 2.21. The van der Waals surface area contributed by atoms with Gasteiger partial charge in [-0.3, -0.25) is 4.79 Å². The standard InChI is InChI=1S/C15H21NO4S/c1-20-11-15(17)16-9-7-14(8-10-16)21(18,19)12-13-5-3-2-4-6-13/h2-6,14H,7-12H2,1H3. The molecule has 1 aliphatic rings. The van der Waals surface area contributed by atoms with Gasteiger partial charge in [-0.2, -0.15) is 0 Å². The van der Waals surface area contributed by atoms with Gasteiger partial charge in [-0.15, -0.1) is 0 Å². The van der Waals surface area contributed by atoms with Crippen LogP contribution in [0.15, 0.2) is 30.3 Å². The summed E-state index contributed by atoms with van der Waals surface area (Å²) in [6.45, 7) is 1.03. The Kier molecular flexibility index (Phi) is 5.36. The molecule has 1 aromatic rings. The Bertz CT molecular complexity index is 563. The molecule has 0 spiro atoms. The van der Waals surface area contributed by atoms with Gasteiger partial charge in [0.05, 0.1) is 11.0 Å². The van der Waals surface area contributed by atoms with Crippen molar-refractivity contribution in [2.24, 2.45) is 0 Å². The van der Waals surface area contributed by atoms with E-state index in [2.05, 4.69) is 0 Å². The van der Waals surface area contributed by atoms with Gasteiger partial charge in [0.2, 0.25) is 5.91 Å². The van der Waals surface area contributed by atoms with Crippen molar-refractivity contribution in [3.63, 3.8) is 0 Å². The van der Waals surface area contributed by atoms with E-state index >= 15 is 0 Å². The predicted molar refractivity (Wildman–Crippen MR) is 80.5 cm³/mol. The van der Waals surface area contributed by atoms with Crippen LogP contribution in [0.1, 0.15) is 18.4 Å². The molecule has 1 amide bonds. The number of likely N-dealkylation sites (tertiary alicyclic amines) is 1. The van der Waals surface area contributed by atoms with Crippen molar-refractivity contribution in [1.82, 2.24) is 4.90 Å². The Morgan fingerprint density at radius 3 is 2.43 bits per heavy atom. The van der Waals surface area contributed by atoms with Crippen molar-refractivity contribution in [2.75, 3.05) is 26.8 Å². The summed E-state index contributed by atoms with van der Waals surface area (Å²) in [6, 6.07) is 9.22. The van der Waals surface area contributed by atoms with Crippen LogP contribution in [0.2, 0.25) is 0 Å². The Morgan fingerprint density at radius 1 is 1.24 bits per heavy atom. The van der Waals surface area contributed by atoms with E-state index in [0.717, 1.165) is 5.56 Å². The van der Waals surface area contributed by atoms with Gasteiger partial charge in [-0.25, -0.2) is 8.42 Å². The summed E-state index contributed by atoms with van der Waals surface area (Å²) in [5, 5.41) is -0.357. The molecule has 0 N–H and O–H groups in total. The number of piperidine rings is 1. The maximum absolute atomic E-state index is 12.4. The van der Waals surface area contributed by atoms with Crippen LogP contribution in [0.5, 0.6) is 0 Å². The predicted octanol–water partition coefficient (Wildman–Crippen LogP) is 1.24. The van der Waals surface area contributed by atoms with Crippen LogP contribution in [-0.2, 0) is 25.1 Å². The van der Waals surface area contributed by atoms with Gasteiger partial charge in [0.1, 0.15) is 6.61 Å². The lowest BCUT2D eigenvalue weighted by Gasteiger charge is -2.31. The van der Waals surface area contributed by atoms with Crippen LogP contribution in [-0.4, -0.2) is 51.3 Å². The van der Waals surface area contributed by atoms with E-state index < -0.39 is 9.84 Å². The van der Waals surface area contributed by atoms with Gasteiger partial charge in [0.25, 0.3) is 0 Å². The topological polar surface area (TPSA) is 63.7 Å². The van der Waals surface area contributed by atoms with Crippen LogP contribution in [0, 0.1) is 0 Å². The number of carbonyl (C=O) groups excluding carboxylic acids is 1. The Hall–Kier alpha value is -1.40. The number of sulfone groups is 1. The highest BCUT2D eigenvalue weighted by Gasteiger charge is 2.31. The Morgan fingerprint density at radius 2 is 1.86 bits per heavy atom. The third-order valence-corrected chi connectivity index (χ3v) is 6.00. The van der Waals surface area contributed by atoms with Crippen LogP contribution in [0.3, 0.4) is 0 Å². The van der Waals surface area contributed by atoms with Gasteiger partial charge >= 0.3 is 0 Å². The SMILES string of the molecule is COCC(=O)N1CCC(S(=O)(=O)Cc2ccccc2)CC1. The van der Waals surface area contributed by atoms with Gasteiger partial charge in [-0.05, 0) is 18.4 Å². The summed E-state index contributed by atoms with van der Waals surface area (Å²) in [4.78, 5) is 13.4. The quantitative estimate of drug-likeness (QED) is 0.821. The molecule has 1 saturated heterocycles. The number of methoxy groups -OCH3 is 1. The second-order valence-corrected chi connectivity index (χ2v) is 7.59. The van der Waals surface area contributed by atoms with Crippen LogP contribution >= 0.6 is 0 Å². The molecule has 2 rings (SSSR count). The first-order chi connectivity index (χ1) is 10.0. The summed E-state index contributed by atoms with van der Waals surface area (Å²) >= 11 is 0. The first-order valence-electron chi connectivity index (χ1n) is 7.05. The number of amides is 1. The van der Waals surface area contributed by atoms with Crippen molar-refractivity contribution in [3.05, 3.63) is 35.9 Å². The number of ether oxygens (including phenoxy) is 1. The van der Waals surface area contributed by atoms with E-state index in [-0.39, 0.29) is 23.5 Å². The molecule has 0 saturated carbocycles. The lowest BCUT2D eigenvalue weighted by Crippen LogP contribution is -2.44. The fourth-order valence-electron chi connectivity index (χ4n) is 2.60. The minimum Gasteiger partial charge on any atom is -0.375 e. The fourth-order valence-corrected chi connectivity index (χ4v) is 4.43. The van der Waals surface area contributed by atoms with Gasteiger partial charge in [0.15, 0.2) is 9.84 Å². The highest BCUT2D eigenvalue weighted by atomic mass is 32.2. The Labute approximate surface area is 125 Å². The molecule has 1 fully saturated rings. The number of nitrogens with zero attached hydrogens (tertiary/aromatic N) is 1. The molecule has 116 valence electrons. The maximum atomic E-state index is 12.4. The van der Waals surface area contributed by atoms with Crippen LogP contribution < -0.4 is 0 Å². The number of hydrogen-bond donors (Lipinski definition) is 0. The minimum absolute atomic E-state index is 0.0570. The van der Waals surface area contributed by atoms with Crippen molar-refractivity contribution < 1.29 is 17.9 Å². The average Bonchev–Trinajstić information content (AvgIpc) is 2.48. The molecule has 6 heteroatoms.